The van der Waals surface area contributed by atoms with E-state index in [9.17, 15) is 13.2 Å². The SMILES string of the molecule is C[Si](C)(C)OC(O[Si](CCc1ccccc1)(CCc1ccccc1)CCc1ccccc1)=C(O[Si](C)(C)C)C(F)(F)F. The van der Waals surface area contributed by atoms with E-state index in [2.05, 4.69) is 36.4 Å². The van der Waals surface area contributed by atoms with Crippen LogP contribution < -0.4 is 0 Å². The van der Waals surface area contributed by atoms with Gasteiger partial charge in [0.05, 0.1) is 0 Å². The van der Waals surface area contributed by atoms with Gasteiger partial charge in [-0.3, -0.25) is 0 Å². The standard InChI is InChI=1S/C33H45F3O3Si3/c1-40(2,3)37-31(33(34,35)36)32(38-41(4,5)6)39-42(25-22-28-16-10-7-11-17-28,26-23-29-18-12-8-13-19-29)27-24-30-20-14-9-15-21-30/h7-21H,22-27H2,1-6H3. The van der Waals surface area contributed by atoms with Crippen molar-refractivity contribution in [3.8, 4) is 0 Å². The van der Waals surface area contributed by atoms with E-state index in [0.29, 0.717) is 37.4 Å². The molecule has 42 heavy (non-hydrogen) atoms. The molecule has 0 fully saturated rings. The van der Waals surface area contributed by atoms with Gasteiger partial charge in [0, 0.05) is 0 Å². The predicted octanol–water partition coefficient (Wildman–Crippen LogP) is 10.1. The Kier molecular flexibility index (Phi) is 11.7. The number of halogens is 3. The first kappa shape index (κ1) is 33.7. The van der Waals surface area contributed by atoms with Crippen molar-refractivity contribution in [3.63, 3.8) is 0 Å². The quantitative estimate of drug-likeness (QED) is 0.124. The maximum Gasteiger partial charge on any atom is 0.454 e. The molecule has 0 atom stereocenters. The van der Waals surface area contributed by atoms with Crippen molar-refractivity contribution in [3.05, 3.63) is 119 Å². The highest BCUT2D eigenvalue weighted by Gasteiger charge is 2.47. The number of hydrogen-bond acceptors (Lipinski definition) is 3. The summed E-state index contributed by atoms with van der Waals surface area (Å²) in [5.74, 6) is -1.56. The zero-order valence-corrected chi connectivity index (χ0v) is 28.8. The molecular weight excluding hydrogens is 586 g/mol. The highest BCUT2D eigenvalue weighted by atomic mass is 28.4. The predicted molar refractivity (Wildman–Crippen MR) is 174 cm³/mol. The Labute approximate surface area is 253 Å². The van der Waals surface area contributed by atoms with Crippen LogP contribution in [0.15, 0.2) is 103 Å². The van der Waals surface area contributed by atoms with Gasteiger partial charge in [-0.1, -0.05) is 91.0 Å². The van der Waals surface area contributed by atoms with Crippen LogP contribution in [0.25, 0.3) is 0 Å². The van der Waals surface area contributed by atoms with E-state index in [-0.39, 0.29) is 0 Å². The molecule has 0 spiro atoms. The molecule has 0 radical (unpaired) electrons. The molecule has 3 rings (SSSR count). The van der Waals surface area contributed by atoms with Crippen molar-refractivity contribution in [2.45, 2.75) is 82.9 Å². The Morgan fingerprint density at radius 3 is 1.14 bits per heavy atom. The Morgan fingerprint density at radius 1 is 0.524 bits per heavy atom. The smallest absolute Gasteiger partial charge is 0.454 e. The van der Waals surface area contributed by atoms with E-state index in [1.807, 2.05) is 74.2 Å². The topological polar surface area (TPSA) is 27.7 Å². The molecule has 9 heteroatoms. The third kappa shape index (κ3) is 11.9. The molecule has 0 bridgehead atoms. The Hall–Kier alpha value is -2.76. The fraction of sp³-hybridized carbons (Fsp3) is 0.394. The van der Waals surface area contributed by atoms with Crippen LogP contribution in [-0.4, -0.2) is 31.1 Å². The normalized spacial score (nSPS) is 13.4. The lowest BCUT2D eigenvalue weighted by atomic mass is 10.2. The second-order valence-electron chi connectivity index (χ2n) is 12.8. The van der Waals surface area contributed by atoms with Gasteiger partial charge in [0.25, 0.3) is 20.0 Å². The van der Waals surface area contributed by atoms with Gasteiger partial charge >= 0.3 is 6.18 Å². The second kappa shape index (κ2) is 14.6. The Bertz CT molecular complexity index is 1150. The number of benzene rings is 3. The molecule has 0 aromatic heterocycles. The van der Waals surface area contributed by atoms with Gasteiger partial charge in [-0.05, 0) is 93.4 Å². The van der Waals surface area contributed by atoms with E-state index in [1.165, 1.54) is 0 Å². The monoisotopic (exact) mass is 630 g/mol. The third-order valence-electron chi connectivity index (χ3n) is 6.70. The maximum absolute atomic E-state index is 14.7. The lowest BCUT2D eigenvalue weighted by molar-refractivity contribution is -0.125. The summed E-state index contributed by atoms with van der Waals surface area (Å²) in [4.78, 5) is 0. The summed E-state index contributed by atoms with van der Waals surface area (Å²) in [6.45, 7) is 10.9. The molecule has 3 aromatic carbocycles. The van der Waals surface area contributed by atoms with Gasteiger partial charge in [-0.15, -0.1) is 0 Å². The summed E-state index contributed by atoms with van der Waals surface area (Å²) in [7, 11) is -8.14. The first-order valence-corrected chi connectivity index (χ1v) is 24.0. The van der Waals surface area contributed by atoms with Gasteiger partial charge in [-0.2, -0.15) is 13.2 Å². The van der Waals surface area contributed by atoms with Crippen LogP contribution in [0.5, 0.6) is 0 Å². The molecule has 228 valence electrons. The van der Waals surface area contributed by atoms with E-state index in [0.717, 1.165) is 16.7 Å². The third-order valence-corrected chi connectivity index (χ3v) is 12.4. The van der Waals surface area contributed by atoms with Crippen LogP contribution in [0.2, 0.25) is 57.4 Å². The number of hydrogen-bond donors (Lipinski definition) is 0. The minimum Gasteiger partial charge on any atom is -0.536 e. The molecule has 3 nitrogen and oxygen atoms in total. The summed E-state index contributed by atoms with van der Waals surface area (Å²) in [6, 6.07) is 32.3. The van der Waals surface area contributed by atoms with Crippen molar-refractivity contribution in [2.75, 3.05) is 0 Å². The molecule has 0 heterocycles. The van der Waals surface area contributed by atoms with Crippen molar-refractivity contribution in [1.82, 2.24) is 0 Å². The van der Waals surface area contributed by atoms with Crippen LogP contribution in [-0.2, 0) is 32.5 Å². The lowest BCUT2D eigenvalue weighted by Gasteiger charge is -2.37. The number of alkyl halides is 3. The molecular formula is C33H45F3O3Si3. The first-order chi connectivity index (χ1) is 19.6. The summed E-state index contributed by atoms with van der Waals surface area (Å²) in [5.41, 5.74) is 3.43. The van der Waals surface area contributed by atoms with E-state index < -0.39 is 42.8 Å². The van der Waals surface area contributed by atoms with Gasteiger partial charge in [0.15, 0.2) is 0 Å². The number of aryl methyl sites for hydroxylation is 3. The molecule has 0 amide bonds. The largest absolute Gasteiger partial charge is 0.536 e. The van der Waals surface area contributed by atoms with Crippen LogP contribution in [0.4, 0.5) is 13.2 Å². The summed E-state index contributed by atoms with van der Waals surface area (Å²) >= 11 is 0. The zero-order valence-electron chi connectivity index (χ0n) is 25.8. The van der Waals surface area contributed by atoms with Crippen molar-refractivity contribution >= 4 is 25.0 Å². The Balaban J connectivity index is 2.14. The lowest BCUT2D eigenvalue weighted by Crippen LogP contribution is -2.43. The second-order valence-corrected chi connectivity index (χ2v) is 25.7. The van der Waals surface area contributed by atoms with Gasteiger partial charge in [-0.25, -0.2) is 0 Å². The molecule has 0 aliphatic carbocycles. The fourth-order valence-corrected chi connectivity index (χ4v) is 10.1. The van der Waals surface area contributed by atoms with Gasteiger partial charge in [0.2, 0.25) is 16.6 Å². The van der Waals surface area contributed by atoms with Crippen LogP contribution in [0, 0.1) is 0 Å². The van der Waals surface area contributed by atoms with Gasteiger partial charge < -0.3 is 13.3 Å². The maximum atomic E-state index is 14.7. The summed E-state index contributed by atoms with van der Waals surface area (Å²) < 4.78 is 62.9. The minimum atomic E-state index is -4.74. The van der Waals surface area contributed by atoms with Gasteiger partial charge in [0.1, 0.15) is 0 Å². The Morgan fingerprint density at radius 2 is 0.857 bits per heavy atom. The molecule has 0 saturated carbocycles. The van der Waals surface area contributed by atoms with Crippen molar-refractivity contribution in [2.24, 2.45) is 0 Å². The van der Waals surface area contributed by atoms with Crippen molar-refractivity contribution < 1.29 is 26.4 Å². The van der Waals surface area contributed by atoms with Crippen LogP contribution in [0.3, 0.4) is 0 Å². The van der Waals surface area contributed by atoms with Crippen molar-refractivity contribution in [1.29, 1.82) is 0 Å². The number of rotatable bonds is 15. The summed E-state index contributed by atoms with van der Waals surface area (Å²) in [5, 5.41) is 0. The first-order valence-electron chi connectivity index (χ1n) is 14.6. The van der Waals surface area contributed by atoms with Crippen LogP contribution >= 0.6 is 0 Å². The molecule has 0 aliphatic rings. The number of allylic oxidation sites excluding steroid dienone is 1. The van der Waals surface area contributed by atoms with E-state index >= 15 is 0 Å². The highest BCUT2D eigenvalue weighted by Crippen LogP contribution is 2.38. The highest BCUT2D eigenvalue weighted by molar-refractivity contribution is 6.74. The zero-order chi connectivity index (χ0) is 30.9. The molecule has 0 saturated heterocycles. The summed E-state index contributed by atoms with van der Waals surface area (Å²) in [6.07, 6.45) is -2.60. The minimum absolute atomic E-state index is 0.454. The molecule has 0 N–H and O–H groups in total. The van der Waals surface area contributed by atoms with Crippen LogP contribution in [0.1, 0.15) is 16.7 Å². The van der Waals surface area contributed by atoms with E-state index in [4.69, 9.17) is 13.3 Å². The fourth-order valence-electron chi connectivity index (χ4n) is 4.69. The molecule has 3 aromatic rings. The average Bonchev–Trinajstić information content (AvgIpc) is 2.92. The molecule has 0 unspecified atom stereocenters. The molecule has 0 aliphatic heterocycles. The van der Waals surface area contributed by atoms with E-state index in [1.54, 1.807) is 19.6 Å². The average molecular weight is 631 g/mol.